The Labute approximate surface area is 201 Å². The number of rotatable bonds is 6. The molecule has 2 atom stereocenters. The third-order valence-electron chi connectivity index (χ3n) is 5.85. The first-order valence-electron chi connectivity index (χ1n) is 10.8. The SMILES string of the molecule is O=C1CC(c2ccc(Cl)cc2)N(OCCc2nc3ncccc3[nH]2)C(c2ccc(Cl)cc2)C1. The van der Waals surface area contributed by atoms with Crippen LogP contribution in [0.25, 0.3) is 11.2 Å². The predicted octanol–water partition coefficient (Wildman–Crippen LogP) is 5.89. The smallest absolute Gasteiger partial charge is 0.177 e. The first-order valence-corrected chi connectivity index (χ1v) is 11.6. The van der Waals surface area contributed by atoms with Gasteiger partial charge in [0, 0.05) is 35.5 Å². The molecule has 1 aliphatic rings. The van der Waals surface area contributed by atoms with E-state index in [4.69, 9.17) is 28.0 Å². The van der Waals surface area contributed by atoms with E-state index in [-0.39, 0.29) is 17.9 Å². The molecule has 3 heterocycles. The molecule has 2 aromatic heterocycles. The zero-order valence-electron chi connectivity index (χ0n) is 17.7. The molecule has 1 aliphatic heterocycles. The van der Waals surface area contributed by atoms with Gasteiger partial charge in [-0.05, 0) is 47.5 Å². The summed E-state index contributed by atoms with van der Waals surface area (Å²) in [5.74, 6) is 1.00. The van der Waals surface area contributed by atoms with Crippen LogP contribution in [0.15, 0.2) is 66.9 Å². The Kier molecular flexibility index (Phi) is 6.42. The normalized spacial score (nSPS) is 19.3. The molecule has 0 radical (unpaired) electrons. The van der Waals surface area contributed by atoms with E-state index in [0.717, 1.165) is 22.5 Å². The predicted molar refractivity (Wildman–Crippen MR) is 128 cm³/mol. The molecule has 0 spiro atoms. The fourth-order valence-corrected chi connectivity index (χ4v) is 4.50. The number of halogens is 2. The van der Waals surface area contributed by atoms with E-state index in [1.54, 1.807) is 6.20 Å². The summed E-state index contributed by atoms with van der Waals surface area (Å²) >= 11 is 12.2. The Bertz CT molecular complexity index is 1170. The quantitative estimate of drug-likeness (QED) is 0.372. The lowest BCUT2D eigenvalue weighted by atomic mass is 9.88. The van der Waals surface area contributed by atoms with Crippen LogP contribution in [0.2, 0.25) is 10.0 Å². The number of hydrogen-bond acceptors (Lipinski definition) is 5. The van der Waals surface area contributed by atoms with Crippen LogP contribution in [-0.4, -0.2) is 32.4 Å². The van der Waals surface area contributed by atoms with Crippen molar-refractivity contribution in [3.63, 3.8) is 0 Å². The van der Waals surface area contributed by atoms with Gasteiger partial charge in [0.15, 0.2) is 5.65 Å². The highest BCUT2D eigenvalue weighted by Gasteiger charge is 2.37. The summed E-state index contributed by atoms with van der Waals surface area (Å²) in [6, 6.07) is 18.5. The maximum atomic E-state index is 12.7. The number of carbonyl (C=O) groups excluding carboxylic acids is 1. The molecule has 168 valence electrons. The van der Waals surface area contributed by atoms with Gasteiger partial charge in [-0.1, -0.05) is 47.5 Å². The number of aromatic amines is 1. The average molecular weight is 481 g/mol. The standard InChI is InChI=1S/C25H22Cl2N4O2/c26-18-7-3-16(4-8-18)22-14-20(32)15-23(17-5-9-19(27)10-6-17)31(22)33-13-11-24-29-21-2-1-12-28-25(21)30-24/h1-10,12,22-23H,11,13-15H2,(H,28,29,30). The summed E-state index contributed by atoms with van der Waals surface area (Å²) in [4.78, 5) is 31.2. The van der Waals surface area contributed by atoms with Gasteiger partial charge in [0.2, 0.25) is 0 Å². The second-order valence-corrected chi connectivity index (χ2v) is 8.96. The molecule has 33 heavy (non-hydrogen) atoms. The van der Waals surface area contributed by atoms with Crippen molar-refractivity contribution in [2.24, 2.45) is 0 Å². The fraction of sp³-hybridized carbons (Fsp3) is 0.240. The van der Waals surface area contributed by atoms with E-state index in [1.807, 2.05) is 65.7 Å². The fourth-order valence-electron chi connectivity index (χ4n) is 4.25. The number of carbonyl (C=O) groups is 1. The van der Waals surface area contributed by atoms with Gasteiger partial charge < -0.3 is 4.98 Å². The molecule has 2 aromatic carbocycles. The molecule has 8 heteroatoms. The van der Waals surface area contributed by atoms with E-state index in [2.05, 4.69) is 15.0 Å². The third-order valence-corrected chi connectivity index (χ3v) is 6.36. The van der Waals surface area contributed by atoms with Crippen molar-refractivity contribution in [3.8, 4) is 0 Å². The minimum absolute atomic E-state index is 0.193. The number of piperidine rings is 1. The number of H-pyrrole nitrogens is 1. The first-order chi connectivity index (χ1) is 16.1. The van der Waals surface area contributed by atoms with Crippen LogP contribution in [-0.2, 0) is 16.1 Å². The molecule has 6 nitrogen and oxygen atoms in total. The topological polar surface area (TPSA) is 71.1 Å². The van der Waals surface area contributed by atoms with Gasteiger partial charge in [-0.3, -0.25) is 9.63 Å². The maximum absolute atomic E-state index is 12.7. The number of hydrogen-bond donors (Lipinski definition) is 1. The van der Waals surface area contributed by atoms with Crippen LogP contribution in [0.5, 0.6) is 0 Å². The number of nitrogens with one attached hydrogen (secondary N) is 1. The molecular formula is C25H22Cl2N4O2. The second-order valence-electron chi connectivity index (χ2n) is 8.08. The Morgan fingerprint density at radius 2 is 1.55 bits per heavy atom. The number of imidazole rings is 1. The van der Waals surface area contributed by atoms with Crippen molar-refractivity contribution in [1.29, 1.82) is 0 Å². The average Bonchev–Trinajstić information content (AvgIpc) is 3.23. The second kappa shape index (κ2) is 9.61. The molecular weight excluding hydrogens is 459 g/mol. The number of Topliss-reactive ketones (excluding diaryl/α,β-unsaturated/α-hetero) is 1. The molecule has 1 fully saturated rings. The van der Waals surface area contributed by atoms with E-state index in [1.165, 1.54) is 0 Å². The molecule has 1 saturated heterocycles. The maximum Gasteiger partial charge on any atom is 0.177 e. The van der Waals surface area contributed by atoms with Crippen molar-refractivity contribution >= 4 is 40.1 Å². The van der Waals surface area contributed by atoms with Crippen molar-refractivity contribution < 1.29 is 9.63 Å². The molecule has 0 saturated carbocycles. The summed E-state index contributed by atoms with van der Waals surface area (Å²) < 4.78 is 0. The minimum atomic E-state index is -0.221. The van der Waals surface area contributed by atoms with E-state index in [9.17, 15) is 4.79 Å². The molecule has 0 aliphatic carbocycles. The zero-order valence-corrected chi connectivity index (χ0v) is 19.3. The van der Waals surface area contributed by atoms with Crippen LogP contribution in [0.1, 0.15) is 41.9 Å². The Morgan fingerprint density at radius 1 is 0.939 bits per heavy atom. The number of hydroxylamine groups is 2. The Hall–Kier alpha value is -2.77. The van der Waals surface area contributed by atoms with Crippen molar-refractivity contribution in [1.82, 2.24) is 20.0 Å². The summed E-state index contributed by atoms with van der Waals surface area (Å²) in [6.45, 7) is 0.405. The van der Waals surface area contributed by atoms with Crippen LogP contribution < -0.4 is 0 Å². The van der Waals surface area contributed by atoms with Crippen LogP contribution >= 0.6 is 23.2 Å². The number of aromatic nitrogens is 3. The van der Waals surface area contributed by atoms with Gasteiger partial charge in [-0.15, -0.1) is 0 Å². The van der Waals surface area contributed by atoms with Gasteiger partial charge in [0.05, 0.1) is 24.2 Å². The molecule has 2 unspecified atom stereocenters. The Balaban J connectivity index is 1.41. The molecule has 5 rings (SSSR count). The number of ketones is 1. The summed E-state index contributed by atoms with van der Waals surface area (Å²) in [6.07, 6.45) is 3.06. The minimum Gasteiger partial charge on any atom is -0.341 e. The number of fused-ring (bicyclic) bond motifs is 1. The van der Waals surface area contributed by atoms with Crippen molar-refractivity contribution in [2.75, 3.05) is 6.61 Å². The van der Waals surface area contributed by atoms with Gasteiger partial charge in [0.25, 0.3) is 0 Å². The lowest BCUT2D eigenvalue weighted by Crippen LogP contribution is -2.40. The van der Waals surface area contributed by atoms with Crippen LogP contribution in [0.3, 0.4) is 0 Å². The third kappa shape index (κ3) is 4.94. The van der Waals surface area contributed by atoms with Gasteiger partial charge in [-0.25, -0.2) is 9.97 Å². The number of benzene rings is 2. The highest BCUT2D eigenvalue weighted by atomic mass is 35.5. The summed E-state index contributed by atoms with van der Waals surface area (Å²) in [5.41, 5.74) is 3.56. The summed E-state index contributed by atoms with van der Waals surface area (Å²) in [7, 11) is 0. The van der Waals surface area contributed by atoms with Crippen molar-refractivity contribution in [2.45, 2.75) is 31.3 Å². The zero-order chi connectivity index (χ0) is 22.8. The van der Waals surface area contributed by atoms with Gasteiger partial charge >= 0.3 is 0 Å². The summed E-state index contributed by atoms with van der Waals surface area (Å²) in [5, 5.41) is 3.26. The highest BCUT2D eigenvalue weighted by Crippen LogP contribution is 2.41. The number of nitrogens with zero attached hydrogens (tertiary/aromatic N) is 3. The van der Waals surface area contributed by atoms with Crippen molar-refractivity contribution in [3.05, 3.63) is 93.9 Å². The lowest BCUT2D eigenvalue weighted by molar-refractivity contribution is -0.228. The Morgan fingerprint density at radius 3 is 2.12 bits per heavy atom. The molecule has 0 amide bonds. The van der Waals surface area contributed by atoms with E-state index in [0.29, 0.717) is 41.6 Å². The number of pyridine rings is 1. The molecule has 4 aromatic rings. The highest BCUT2D eigenvalue weighted by molar-refractivity contribution is 6.30. The van der Waals surface area contributed by atoms with E-state index < -0.39 is 0 Å². The van der Waals surface area contributed by atoms with Gasteiger partial charge in [0.1, 0.15) is 11.6 Å². The molecule has 1 N–H and O–H groups in total. The molecule has 0 bridgehead atoms. The largest absolute Gasteiger partial charge is 0.341 e. The van der Waals surface area contributed by atoms with Crippen LogP contribution in [0.4, 0.5) is 0 Å². The van der Waals surface area contributed by atoms with Crippen LogP contribution in [0, 0.1) is 0 Å². The first kappa shape index (κ1) is 22.0. The van der Waals surface area contributed by atoms with Gasteiger partial charge in [-0.2, -0.15) is 5.06 Å². The lowest BCUT2D eigenvalue weighted by Gasteiger charge is -2.40. The monoisotopic (exact) mass is 480 g/mol. The van der Waals surface area contributed by atoms with E-state index >= 15 is 0 Å².